The Hall–Kier alpha value is -5.05. The molecule has 2 saturated heterocycles. The number of hydrogen-bond donors (Lipinski definition) is 1. The lowest BCUT2D eigenvalue weighted by molar-refractivity contribution is -0.141. The highest BCUT2D eigenvalue weighted by atomic mass is 19.4. The number of carbonyl (C=O) groups is 3. The number of halogens is 3. The summed E-state index contributed by atoms with van der Waals surface area (Å²) in [6.07, 6.45) is 3.12. The number of nitrogens with zero attached hydrogens (tertiary/aromatic N) is 8. The standard InChI is InChI=1S/C35H40F3N9O3/c1-4-24-18-26(7-8-27(24)34(50)46-16-14-45(15-17-46)33(49)25-9-12-43(2)13-10-25)41-32(48)31-40-20-29(44(31)3)28-22-47(42-30(28)35(36,37)38)21-23-6-5-11-39-19-23/h5-8,11,18-20,22,25H,4,9-10,12-17,21H2,1-3H3,(H,41,48). The first kappa shape index (κ1) is 34.8. The van der Waals surface area contributed by atoms with E-state index in [1.165, 1.54) is 28.7 Å². The summed E-state index contributed by atoms with van der Waals surface area (Å²) >= 11 is 0. The van der Waals surface area contributed by atoms with E-state index in [0.29, 0.717) is 49.4 Å². The van der Waals surface area contributed by atoms with Gasteiger partial charge in [0.2, 0.25) is 5.91 Å². The van der Waals surface area contributed by atoms with E-state index >= 15 is 0 Å². The van der Waals surface area contributed by atoms with E-state index in [4.69, 9.17) is 0 Å². The molecule has 3 aromatic heterocycles. The van der Waals surface area contributed by atoms with Gasteiger partial charge in [-0.05, 0) is 74.8 Å². The normalized spacial score (nSPS) is 16.1. The largest absolute Gasteiger partial charge is 0.435 e. The number of nitrogens with one attached hydrogen (secondary N) is 1. The second-order valence-corrected chi connectivity index (χ2v) is 12.8. The molecule has 0 unspecified atom stereocenters. The molecule has 2 fully saturated rings. The van der Waals surface area contributed by atoms with Crippen molar-refractivity contribution in [1.82, 2.24) is 39.0 Å². The smallest absolute Gasteiger partial charge is 0.339 e. The van der Waals surface area contributed by atoms with E-state index < -0.39 is 17.8 Å². The molecule has 0 radical (unpaired) electrons. The van der Waals surface area contributed by atoms with Gasteiger partial charge in [0.1, 0.15) is 0 Å². The third kappa shape index (κ3) is 7.42. The molecule has 4 aromatic rings. The number of aromatic nitrogens is 5. The fraction of sp³-hybridized carbons (Fsp3) is 0.429. The average molecular weight is 692 g/mol. The van der Waals surface area contributed by atoms with Gasteiger partial charge in [-0.3, -0.25) is 24.0 Å². The minimum Gasteiger partial charge on any atom is -0.339 e. The number of piperazine rings is 1. The van der Waals surface area contributed by atoms with E-state index in [1.807, 2.05) is 11.8 Å². The van der Waals surface area contributed by atoms with Crippen LogP contribution in [0.2, 0.25) is 0 Å². The van der Waals surface area contributed by atoms with Gasteiger partial charge in [-0.2, -0.15) is 18.3 Å². The molecule has 1 aromatic carbocycles. The lowest BCUT2D eigenvalue weighted by atomic mass is 9.95. The maximum atomic E-state index is 14.0. The molecule has 12 nitrogen and oxygen atoms in total. The Morgan fingerprint density at radius 2 is 1.68 bits per heavy atom. The fourth-order valence-corrected chi connectivity index (χ4v) is 6.62. The van der Waals surface area contributed by atoms with Crippen molar-refractivity contribution in [3.05, 3.63) is 83.3 Å². The van der Waals surface area contributed by atoms with Crippen LogP contribution < -0.4 is 5.32 Å². The summed E-state index contributed by atoms with van der Waals surface area (Å²) in [6.45, 7) is 5.69. The molecule has 0 saturated carbocycles. The first-order chi connectivity index (χ1) is 23.9. The van der Waals surface area contributed by atoms with E-state index in [1.54, 1.807) is 47.6 Å². The highest BCUT2D eigenvalue weighted by molar-refractivity contribution is 6.03. The number of pyridine rings is 1. The Bertz CT molecular complexity index is 1860. The number of alkyl halides is 3. The quantitative estimate of drug-likeness (QED) is 0.294. The minimum atomic E-state index is -4.74. The van der Waals surface area contributed by atoms with Crippen molar-refractivity contribution in [3.63, 3.8) is 0 Å². The van der Waals surface area contributed by atoms with Gasteiger partial charge in [0, 0.05) is 69.0 Å². The van der Waals surface area contributed by atoms with Gasteiger partial charge in [-0.1, -0.05) is 13.0 Å². The number of hydrogen-bond acceptors (Lipinski definition) is 7. The third-order valence-electron chi connectivity index (χ3n) is 9.49. The Balaban J connectivity index is 1.12. The van der Waals surface area contributed by atoms with Crippen LogP contribution in [0, 0.1) is 5.92 Å². The molecule has 0 bridgehead atoms. The van der Waals surface area contributed by atoms with Crippen molar-refractivity contribution < 1.29 is 27.6 Å². The highest BCUT2D eigenvalue weighted by Crippen LogP contribution is 2.36. The number of amides is 3. The van der Waals surface area contributed by atoms with Gasteiger partial charge in [0.05, 0.1) is 24.0 Å². The van der Waals surface area contributed by atoms with Crippen molar-refractivity contribution >= 4 is 23.4 Å². The van der Waals surface area contributed by atoms with Crippen LogP contribution in [0.3, 0.4) is 0 Å². The second kappa shape index (κ2) is 14.4. The number of likely N-dealkylation sites (tertiary alicyclic amines) is 1. The summed E-state index contributed by atoms with van der Waals surface area (Å²) in [5, 5.41) is 6.57. The molecular weight excluding hydrogens is 651 g/mol. The maximum Gasteiger partial charge on any atom is 0.435 e. The predicted octanol–water partition coefficient (Wildman–Crippen LogP) is 4.19. The summed E-state index contributed by atoms with van der Waals surface area (Å²) in [4.78, 5) is 54.0. The van der Waals surface area contributed by atoms with Crippen LogP contribution in [-0.4, -0.2) is 103 Å². The van der Waals surface area contributed by atoms with Crippen LogP contribution >= 0.6 is 0 Å². The molecule has 0 atom stereocenters. The molecule has 6 rings (SSSR count). The summed E-state index contributed by atoms with van der Waals surface area (Å²) in [5.41, 5.74) is 1.12. The first-order valence-electron chi connectivity index (χ1n) is 16.7. The molecule has 15 heteroatoms. The molecule has 2 aliphatic rings. The zero-order valence-corrected chi connectivity index (χ0v) is 28.3. The van der Waals surface area contributed by atoms with Gasteiger partial charge >= 0.3 is 6.18 Å². The first-order valence-corrected chi connectivity index (χ1v) is 16.7. The topological polar surface area (TPSA) is 121 Å². The SMILES string of the molecule is CCc1cc(NC(=O)c2ncc(-c3cn(Cc4cccnc4)nc3C(F)(F)F)n2C)ccc1C(=O)N1CCN(C(=O)C2CCN(C)CC2)CC1. The molecule has 1 N–H and O–H groups in total. The third-order valence-corrected chi connectivity index (χ3v) is 9.49. The lowest BCUT2D eigenvalue weighted by Crippen LogP contribution is -2.52. The number of imidazole rings is 1. The number of piperidine rings is 1. The van der Waals surface area contributed by atoms with E-state index in [-0.39, 0.29) is 41.4 Å². The molecule has 3 amide bonds. The molecule has 0 spiro atoms. The maximum absolute atomic E-state index is 14.0. The molecule has 5 heterocycles. The average Bonchev–Trinajstić information content (AvgIpc) is 3.71. The van der Waals surface area contributed by atoms with Gasteiger partial charge in [0.25, 0.3) is 11.8 Å². The van der Waals surface area contributed by atoms with Gasteiger partial charge in [0.15, 0.2) is 11.5 Å². The number of aryl methyl sites for hydroxylation is 1. The second-order valence-electron chi connectivity index (χ2n) is 12.8. The van der Waals surface area contributed by atoms with Gasteiger partial charge in [-0.15, -0.1) is 0 Å². The van der Waals surface area contributed by atoms with Crippen LogP contribution in [0.4, 0.5) is 18.9 Å². The van der Waals surface area contributed by atoms with E-state index in [9.17, 15) is 27.6 Å². The zero-order chi connectivity index (χ0) is 35.6. The molecular formula is C35H40F3N9O3. The number of anilines is 1. The molecule has 2 aliphatic heterocycles. The van der Waals surface area contributed by atoms with E-state index in [2.05, 4.69) is 32.3 Å². The minimum absolute atomic E-state index is 0.0412. The lowest BCUT2D eigenvalue weighted by Gasteiger charge is -2.38. The predicted molar refractivity (Wildman–Crippen MR) is 179 cm³/mol. The summed E-state index contributed by atoms with van der Waals surface area (Å²) in [7, 11) is 3.53. The van der Waals surface area contributed by atoms with Crippen molar-refractivity contribution in [2.24, 2.45) is 13.0 Å². The van der Waals surface area contributed by atoms with Gasteiger partial charge < -0.3 is 24.6 Å². The number of benzene rings is 1. The van der Waals surface area contributed by atoms with Gasteiger partial charge in [-0.25, -0.2) is 4.98 Å². The van der Waals surface area contributed by atoms with E-state index in [0.717, 1.165) is 31.5 Å². The summed E-state index contributed by atoms with van der Waals surface area (Å²) in [5.74, 6) is -0.638. The van der Waals surface area contributed by atoms with Crippen LogP contribution in [0.5, 0.6) is 0 Å². The summed E-state index contributed by atoms with van der Waals surface area (Å²) in [6, 6.07) is 8.44. The molecule has 50 heavy (non-hydrogen) atoms. The molecule has 264 valence electrons. The van der Waals surface area contributed by atoms with Crippen molar-refractivity contribution in [1.29, 1.82) is 0 Å². The highest BCUT2D eigenvalue weighted by Gasteiger charge is 2.39. The Morgan fingerprint density at radius 1 is 0.960 bits per heavy atom. The van der Waals surface area contributed by atoms with Crippen LogP contribution in [0.15, 0.2) is 55.1 Å². The number of carbonyl (C=O) groups excluding carboxylic acids is 3. The van der Waals surface area contributed by atoms with Crippen LogP contribution in [0.1, 0.15) is 57.6 Å². The fourth-order valence-electron chi connectivity index (χ4n) is 6.62. The molecule has 0 aliphatic carbocycles. The van der Waals surface area contributed by atoms with Crippen LogP contribution in [0.25, 0.3) is 11.3 Å². The monoisotopic (exact) mass is 691 g/mol. The Morgan fingerprint density at radius 3 is 2.34 bits per heavy atom. The van der Waals surface area contributed by atoms with Crippen LogP contribution in [-0.2, 0) is 31.0 Å². The van der Waals surface area contributed by atoms with Crippen molar-refractivity contribution in [2.75, 3.05) is 51.6 Å². The summed E-state index contributed by atoms with van der Waals surface area (Å²) < 4.78 is 44.6. The Labute approximate surface area is 287 Å². The zero-order valence-electron chi connectivity index (χ0n) is 28.3. The van der Waals surface area contributed by atoms with Crippen molar-refractivity contribution in [2.45, 2.75) is 38.9 Å². The number of rotatable bonds is 8. The Kier molecular flexibility index (Phi) is 10.0. The van der Waals surface area contributed by atoms with Crippen molar-refractivity contribution in [3.8, 4) is 11.3 Å².